The minimum atomic E-state index is -0.686. The van der Waals surface area contributed by atoms with Crippen molar-refractivity contribution >= 4 is 6.29 Å². The first kappa shape index (κ1) is 11.8. The molecule has 0 amide bonds. The molecule has 3 rings (SSSR count). The summed E-state index contributed by atoms with van der Waals surface area (Å²) in [6.45, 7) is 1.82. The van der Waals surface area contributed by atoms with Crippen LogP contribution in [-0.4, -0.2) is 18.2 Å². The van der Waals surface area contributed by atoms with E-state index in [9.17, 15) is 9.90 Å². The predicted octanol–water partition coefficient (Wildman–Crippen LogP) is 2.54. The number of furan rings is 1. The number of aldehydes is 1. The van der Waals surface area contributed by atoms with Gasteiger partial charge < -0.3 is 19.0 Å². The van der Waals surface area contributed by atoms with E-state index in [4.69, 9.17) is 13.9 Å². The molecular formula is C14H12O5. The molecule has 1 aliphatic heterocycles. The Balaban J connectivity index is 2.15. The Morgan fingerprint density at radius 2 is 2.00 bits per heavy atom. The van der Waals surface area contributed by atoms with Crippen LogP contribution in [0.25, 0.3) is 11.3 Å². The number of benzene rings is 1. The topological polar surface area (TPSA) is 68.9 Å². The summed E-state index contributed by atoms with van der Waals surface area (Å²) in [6.07, 6.45) is -0.0484. The van der Waals surface area contributed by atoms with E-state index in [1.54, 1.807) is 31.2 Å². The van der Waals surface area contributed by atoms with Gasteiger partial charge in [-0.3, -0.25) is 4.79 Å². The van der Waals surface area contributed by atoms with Crippen LogP contribution in [0.5, 0.6) is 11.5 Å². The molecule has 0 aliphatic carbocycles. The number of carbonyl (C=O) groups excluding carboxylic acids is 1. The van der Waals surface area contributed by atoms with Crippen LogP contribution in [0.1, 0.15) is 29.1 Å². The fourth-order valence-electron chi connectivity index (χ4n) is 2.08. The molecule has 1 aromatic carbocycles. The summed E-state index contributed by atoms with van der Waals surface area (Å²) in [6, 6.07) is 6.75. The number of hydrogen-bond acceptors (Lipinski definition) is 5. The monoisotopic (exact) mass is 260 g/mol. The highest BCUT2D eigenvalue weighted by atomic mass is 16.7. The SMILES string of the molecule is CC(O)c1cc2c(cc1-c1ccc(C=O)o1)OCO2. The van der Waals surface area contributed by atoms with Gasteiger partial charge >= 0.3 is 0 Å². The van der Waals surface area contributed by atoms with Crippen LogP contribution in [0.4, 0.5) is 0 Å². The Bertz CT molecular complexity index is 627. The van der Waals surface area contributed by atoms with Gasteiger partial charge in [0.1, 0.15) is 5.76 Å². The Morgan fingerprint density at radius 1 is 1.26 bits per heavy atom. The highest BCUT2D eigenvalue weighted by molar-refractivity contribution is 5.74. The fraction of sp³-hybridized carbons (Fsp3) is 0.214. The molecule has 5 heteroatoms. The number of ether oxygens (including phenoxy) is 2. The normalized spacial score (nSPS) is 14.4. The lowest BCUT2D eigenvalue weighted by Crippen LogP contribution is -1.95. The van der Waals surface area contributed by atoms with Crippen molar-refractivity contribution in [1.29, 1.82) is 0 Å². The number of hydrogen-bond donors (Lipinski definition) is 1. The van der Waals surface area contributed by atoms with Crippen molar-refractivity contribution < 1.29 is 23.8 Å². The van der Waals surface area contributed by atoms with Gasteiger partial charge in [0.15, 0.2) is 23.5 Å². The molecule has 5 nitrogen and oxygen atoms in total. The average molecular weight is 260 g/mol. The maximum absolute atomic E-state index is 10.7. The zero-order chi connectivity index (χ0) is 13.4. The van der Waals surface area contributed by atoms with Crippen LogP contribution in [0.3, 0.4) is 0 Å². The Morgan fingerprint density at radius 3 is 2.63 bits per heavy atom. The van der Waals surface area contributed by atoms with Gasteiger partial charge in [0.25, 0.3) is 0 Å². The van der Waals surface area contributed by atoms with Crippen molar-refractivity contribution in [3.8, 4) is 22.8 Å². The predicted molar refractivity (Wildman–Crippen MR) is 66.3 cm³/mol. The van der Waals surface area contributed by atoms with Crippen molar-refractivity contribution in [3.63, 3.8) is 0 Å². The minimum Gasteiger partial charge on any atom is -0.454 e. The second kappa shape index (κ2) is 4.44. The zero-order valence-electron chi connectivity index (χ0n) is 10.3. The molecule has 0 radical (unpaired) electrons. The third-order valence-corrected chi connectivity index (χ3v) is 3.00. The van der Waals surface area contributed by atoms with E-state index < -0.39 is 6.10 Å². The van der Waals surface area contributed by atoms with Crippen LogP contribution < -0.4 is 9.47 Å². The lowest BCUT2D eigenvalue weighted by Gasteiger charge is -2.11. The van der Waals surface area contributed by atoms with Crippen LogP contribution >= 0.6 is 0 Å². The quantitative estimate of drug-likeness (QED) is 0.859. The van der Waals surface area contributed by atoms with Crippen LogP contribution in [0.2, 0.25) is 0 Å². The van der Waals surface area contributed by atoms with Gasteiger partial charge in [-0.05, 0) is 36.8 Å². The number of aliphatic hydroxyl groups is 1. The van der Waals surface area contributed by atoms with E-state index in [1.165, 1.54) is 0 Å². The van der Waals surface area contributed by atoms with Crippen molar-refractivity contribution in [2.45, 2.75) is 13.0 Å². The van der Waals surface area contributed by atoms with E-state index in [0.29, 0.717) is 34.7 Å². The summed E-state index contributed by atoms with van der Waals surface area (Å²) < 4.78 is 16.0. The Labute approximate surface area is 109 Å². The molecule has 1 N–H and O–H groups in total. The van der Waals surface area contributed by atoms with Crippen LogP contribution in [-0.2, 0) is 0 Å². The summed E-state index contributed by atoms with van der Waals surface area (Å²) in [4.78, 5) is 10.7. The minimum absolute atomic E-state index is 0.162. The summed E-state index contributed by atoms with van der Waals surface area (Å²) in [5.74, 6) is 1.95. The van der Waals surface area contributed by atoms with Gasteiger partial charge in [0, 0.05) is 5.56 Å². The first-order valence-corrected chi connectivity index (χ1v) is 5.86. The van der Waals surface area contributed by atoms with E-state index in [0.717, 1.165) is 0 Å². The lowest BCUT2D eigenvalue weighted by molar-refractivity contribution is 0.110. The van der Waals surface area contributed by atoms with Gasteiger partial charge in [-0.15, -0.1) is 0 Å². The van der Waals surface area contributed by atoms with Crippen LogP contribution in [0.15, 0.2) is 28.7 Å². The third-order valence-electron chi connectivity index (χ3n) is 3.00. The van der Waals surface area contributed by atoms with Gasteiger partial charge in [-0.2, -0.15) is 0 Å². The van der Waals surface area contributed by atoms with Crippen molar-refractivity contribution in [2.24, 2.45) is 0 Å². The molecule has 0 spiro atoms. The van der Waals surface area contributed by atoms with Gasteiger partial charge in [0.05, 0.1) is 6.10 Å². The molecule has 1 atom stereocenters. The zero-order valence-corrected chi connectivity index (χ0v) is 10.3. The molecule has 0 saturated heterocycles. The molecule has 1 unspecified atom stereocenters. The average Bonchev–Trinajstić information content (AvgIpc) is 3.05. The summed E-state index contributed by atoms with van der Waals surface area (Å²) in [5.41, 5.74) is 1.35. The van der Waals surface area contributed by atoms with E-state index >= 15 is 0 Å². The first-order chi connectivity index (χ1) is 9.19. The highest BCUT2D eigenvalue weighted by Crippen LogP contribution is 2.41. The Kier molecular flexibility index (Phi) is 2.76. The molecule has 1 aromatic heterocycles. The largest absolute Gasteiger partial charge is 0.454 e. The van der Waals surface area contributed by atoms with E-state index in [1.807, 2.05) is 0 Å². The second-order valence-corrected chi connectivity index (χ2v) is 4.29. The second-order valence-electron chi connectivity index (χ2n) is 4.29. The molecule has 98 valence electrons. The number of aliphatic hydroxyl groups excluding tert-OH is 1. The maximum atomic E-state index is 10.7. The number of carbonyl (C=O) groups is 1. The summed E-state index contributed by atoms with van der Waals surface area (Å²) in [7, 11) is 0. The van der Waals surface area contributed by atoms with Gasteiger partial charge in [0.2, 0.25) is 6.79 Å². The smallest absolute Gasteiger partial charge is 0.231 e. The summed E-state index contributed by atoms with van der Waals surface area (Å²) in [5, 5.41) is 9.85. The van der Waals surface area contributed by atoms with E-state index in [-0.39, 0.29) is 12.6 Å². The first-order valence-electron chi connectivity index (χ1n) is 5.86. The van der Waals surface area contributed by atoms with Gasteiger partial charge in [-0.1, -0.05) is 0 Å². The standard InChI is InChI=1S/C14H12O5/c1-8(16)10-4-13-14(18-7-17-13)5-11(10)12-3-2-9(6-15)19-12/h2-6,8,16H,7H2,1H3. The van der Waals surface area contributed by atoms with Crippen molar-refractivity contribution in [1.82, 2.24) is 0 Å². The van der Waals surface area contributed by atoms with Crippen molar-refractivity contribution in [2.75, 3.05) is 6.79 Å². The van der Waals surface area contributed by atoms with E-state index in [2.05, 4.69) is 0 Å². The maximum Gasteiger partial charge on any atom is 0.231 e. The Hall–Kier alpha value is -2.27. The fourth-order valence-corrected chi connectivity index (χ4v) is 2.08. The van der Waals surface area contributed by atoms with Gasteiger partial charge in [-0.25, -0.2) is 0 Å². The summed E-state index contributed by atoms with van der Waals surface area (Å²) >= 11 is 0. The lowest BCUT2D eigenvalue weighted by atomic mass is 10.0. The number of rotatable bonds is 3. The molecule has 0 bridgehead atoms. The molecule has 1 aliphatic rings. The van der Waals surface area contributed by atoms with Crippen LogP contribution in [0, 0.1) is 0 Å². The molecule has 0 saturated carbocycles. The number of fused-ring (bicyclic) bond motifs is 1. The highest BCUT2D eigenvalue weighted by Gasteiger charge is 2.21. The third kappa shape index (κ3) is 1.98. The molecule has 2 heterocycles. The molecule has 19 heavy (non-hydrogen) atoms. The molecule has 2 aromatic rings. The van der Waals surface area contributed by atoms with Crippen molar-refractivity contribution in [3.05, 3.63) is 35.6 Å². The molecule has 0 fully saturated rings. The molecular weight excluding hydrogens is 248 g/mol.